The third-order valence-corrected chi connectivity index (χ3v) is 9.89. The number of nitrogens with one attached hydrogen (secondary N) is 1. The molecule has 1 N–H and O–H groups in total. The summed E-state index contributed by atoms with van der Waals surface area (Å²) in [6.07, 6.45) is -0.263. The second-order valence-electron chi connectivity index (χ2n) is 14.0. The van der Waals surface area contributed by atoms with Crippen LogP contribution in [0.4, 0.5) is 4.79 Å². The van der Waals surface area contributed by atoms with Crippen LogP contribution in [0.3, 0.4) is 0 Å². The fraction of sp³-hybridized carbons (Fsp3) is 0.615. The van der Waals surface area contributed by atoms with Crippen LogP contribution in [0.1, 0.15) is 66.5 Å². The zero-order chi connectivity index (χ0) is 40.5. The van der Waals surface area contributed by atoms with Crippen molar-refractivity contribution in [1.29, 1.82) is 0 Å². The predicted octanol–water partition coefficient (Wildman–Crippen LogP) is 5.27. The Bertz CT molecular complexity index is 1710. The number of hydrogen-bond acceptors (Lipinski definition) is 13. The molecule has 0 radical (unpaired) electrons. The highest BCUT2D eigenvalue weighted by Gasteiger charge is 2.32. The Kier molecular flexibility index (Phi) is 18.6. The minimum atomic E-state index is -0.534. The van der Waals surface area contributed by atoms with Gasteiger partial charge in [0.2, 0.25) is 5.91 Å². The number of fused-ring (bicyclic) bond motifs is 3. The molecule has 4 rings (SSSR count). The molecule has 1 aliphatic heterocycles. The average molecular weight is 821 g/mol. The number of carbonyl (C=O) groups excluding carboxylic acids is 2. The van der Waals surface area contributed by atoms with Crippen molar-refractivity contribution in [3.05, 3.63) is 62.5 Å². The smallest absolute Gasteiger partial charge is 0.410 e. The lowest BCUT2D eigenvalue weighted by atomic mass is 9.99. The first-order chi connectivity index (χ1) is 26.9. The Morgan fingerprint density at radius 1 is 0.821 bits per heavy atom. The fourth-order valence-corrected chi connectivity index (χ4v) is 6.82. The molecule has 56 heavy (non-hydrogen) atoms. The van der Waals surface area contributed by atoms with Crippen molar-refractivity contribution in [1.82, 2.24) is 25.0 Å². The first-order valence-corrected chi connectivity index (χ1v) is 20.1. The van der Waals surface area contributed by atoms with Crippen LogP contribution in [0.5, 0.6) is 0 Å². The third-order valence-electron chi connectivity index (χ3n) is 8.44. The fourth-order valence-electron chi connectivity index (χ4n) is 5.48. The van der Waals surface area contributed by atoms with E-state index >= 15 is 0 Å². The maximum absolute atomic E-state index is 13.1. The van der Waals surface area contributed by atoms with E-state index in [0.717, 1.165) is 33.2 Å². The Balaban J connectivity index is 1.01. The first-order valence-electron chi connectivity index (χ1n) is 18.9. The number of aromatic nitrogens is 3. The Morgan fingerprint density at radius 2 is 1.36 bits per heavy atom. The van der Waals surface area contributed by atoms with Gasteiger partial charge in [-0.25, -0.2) is 4.79 Å². The Hall–Kier alpha value is -3.48. The summed E-state index contributed by atoms with van der Waals surface area (Å²) >= 11 is 7.88. The van der Waals surface area contributed by atoms with Crippen LogP contribution in [-0.4, -0.2) is 142 Å². The molecule has 1 atom stereocenters. The van der Waals surface area contributed by atoms with Gasteiger partial charge in [-0.3, -0.25) is 14.4 Å². The third kappa shape index (κ3) is 14.5. The summed E-state index contributed by atoms with van der Waals surface area (Å²) in [5.41, 5.74) is 3.37. The number of halogens is 1. The highest BCUT2D eigenvalue weighted by Crippen LogP contribution is 2.39. The number of carbonyl (C=O) groups is 2. The van der Waals surface area contributed by atoms with Gasteiger partial charge in [-0.2, -0.15) is 0 Å². The van der Waals surface area contributed by atoms with Crippen LogP contribution in [0.2, 0.25) is 5.02 Å². The summed E-state index contributed by atoms with van der Waals surface area (Å²) in [5.74, 6) is 1.22. The Labute approximate surface area is 338 Å². The maximum Gasteiger partial charge on any atom is 0.410 e. The maximum atomic E-state index is 13.1. The molecule has 0 spiro atoms. The molecule has 3 heterocycles. The molecule has 0 unspecified atom stereocenters. The molecule has 2 aromatic heterocycles. The summed E-state index contributed by atoms with van der Waals surface area (Å²) in [7, 11) is 1.68. The van der Waals surface area contributed by atoms with E-state index in [0.29, 0.717) is 103 Å². The second-order valence-corrected chi connectivity index (χ2v) is 15.7. The molecular formula is C39H57ClN6O9S. The summed E-state index contributed by atoms with van der Waals surface area (Å²) in [4.78, 5) is 32.9. The van der Waals surface area contributed by atoms with Crippen LogP contribution in [-0.2, 0) is 38.0 Å². The second kappa shape index (κ2) is 23.1. The van der Waals surface area contributed by atoms with E-state index in [2.05, 4.69) is 29.4 Å². The number of amides is 2. The van der Waals surface area contributed by atoms with Crippen molar-refractivity contribution in [2.75, 3.05) is 99.4 Å². The average Bonchev–Trinajstić information content (AvgIpc) is 3.63. The van der Waals surface area contributed by atoms with Crippen LogP contribution in [0, 0.1) is 20.8 Å². The van der Waals surface area contributed by atoms with Crippen LogP contribution >= 0.6 is 22.9 Å². The van der Waals surface area contributed by atoms with E-state index in [4.69, 9.17) is 49.8 Å². The number of rotatable bonds is 24. The van der Waals surface area contributed by atoms with Gasteiger partial charge in [0, 0.05) is 41.2 Å². The summed E-state index contributed by atoms with van der Waals surface area (Å²) < 4.78 is 40.6. The minimum Gasteiger partial charge on any atom is -0.444 e. The number of nitrogens with zero attached hydrogens (tertiary/aromatic N) is 5. The summed E-state index contributed by atoms with van der Waals surface area (Å²) in [5, 5.41) is 13.4. The van der Waals surface area contributed by atoms with Crippen LogP contribution in [0.25, 0.3) is 5.00 Å². The van der Waals surface area contributed by atoms with E-state index < -0.39 is 11.6 Å². The molecule has 0 saturated carbocycles. The van der Waals surface area contributed by atoms with Gasteiger partial charge in [0.25, 0.3) is 0 Å². The van der Waals surface area contributed by atoms with Crippen molar-refractivity contribution in [2.45, 2.75) is 59.6 Å². The van der Waals surface area contributed by atoms with Crippen molar-refractivity contribution in [3.63, 3.8) is 0 Å². The van der Waals surface area contributed by atoms with E-state index in [9.17, 15) is 9.59 Å². The van der Waals surface area contributed by atoms with E-state index in [-0.39, 0.29) is 18.4 Å². The minimum absolute atomic E-state index is 0.110. The number of aliphatic imine (C=N–C) groups is 1. The van der Waals surface area contributed by atoms with E-state index in [1.807, 2.05) is 56.5 Å². The standard InChI is InChI=1S/C39H57ClN6O9S/c1-27-28(2)56-37-34(27)35(30-8-10-31(40)11-9-30)42-32(36-44-43-29(3)46(36)37)26-33(47)41-12-14-49-16-18-51-20-22-53-24-25-54-23-21-52-19-17-50-15-13-45(7)38(48)55-39(4,5)6/h8-11,32H,12-26H2,1-7H3,(H,41,47)/t32-/m0/s1. The molecule has 0 fully saturated rings. The zero-order valence-corrected chi connectivity index (χ0v) is 35.3. The summed E-state index contributed by atoms with van der Waals surface area (Å²) in [6.45, 7) is 17.5. The van der Waals surface area contributed by atoms with Crippen molar-refractivity contribution in [2.24, 2.45) is 4.99 Å². The van der Waals surface area contributed by atoms with E-state index in [1.165, 1.54) is 9.78 Å². The molecule has 0 aliphatic carbocycles. The van der Waals surface area contributed by atoms with Gasteiger partial charge in [-0.05, 0) is 59.2 Å². The lowest BCUT2D eigenvalue weighted by Crippen LogP contribution is -2.36. The van der Waals surface area contributed by atoms with Gasteiger partial charge < -0.3 is 43.4 Å². The van der Waals surface area contributed by atoms with Crippen molar-refractivity contribution >= 4 is 40.6 Å². The highest BCUT2D eigenvalue weighted by atomic mass is 35.5. The van der Waals surface area contributed by atoms with Crippen molar-refractivity contribution < 1.29 is 42.7 Å². The predicted molar refractivity (Wildman–Crippen MR) is 215 cm³/mol. The molecule has 1 aromatic carbocycles. The molecule has 0 bridgehead atoms. The molecule has 15 nitrogen and oxygen atoms in total. The SMILES string of the molecule is Cc1sc2c(c1C)C(c1ccc(Cl)cc1)=N[C@@H](CC(=O)NCCOCCOCCOCCOCCOCCOCCN(C)C(=O)OC(C)(C)C)c1nnc(C)n1-2. The van der Waals surface area contributed by atoms with Gasteiger partial charge in [-0.15, -0.1) is 21.5 Å². The molecule has 1 aliphatic rings. The lowest BCUT2D eigenvalue weighted by Gasteiger charge is -2.24. The molecular weight excluding hydrogens is 764 g/mol. The molecule has 3 aromatic rings. The topological polar surface area (TPSA) is 157 Å². The Morgan fingerprint density at radius 3 is 1.91 bits per heavy atom. The molecule has 2 amide bonds. The monoisotopic (exact) mass is 820 g/mol. The molecule has 310 valence electrons. The summed E-state index contributed by atoms with van der Waals surface area (Å²) in [6, 6.07) is 7.08. The molecule has 0 saturated heterocycles. The van der Waals surface area contributed by atoms with Gasteiger partial charge >= 0.3 is 6.09 Å². The number of hydrogen-bond donors (Lipinski definition) is 1. The van der Waals surface area contributed by atoms with Gasteiger partial charge in [0.1, 0.15) is 22.5 Å². The van der Waals surface area contributed by atoms with Crippen molar-refractivity contribution in [3.8, 4) is 5.00 Å². The quantitative estimate of drug-likeness (QED) is 0.118. The van der Waals surface area contributed by atoms with Gasteiger partial charge in [-0.1, -0.05) is 23.7 Å². The van der Waals surface area contributed by atoms with Crippen LogP contribution < -0.4 is 5.32 Å². The van der Waals surface area contributed by atoms with Crippen LogP contribution in [0.15, 0.2) is 29.3 Å². The normalized spacial score (nSPS) is 13.9. The number of benzene rings is 1. The molecule has 17 heteroatoms. The highest BCUT2D eigenvalue weighted by molar-refractivity contribution is 7.15. The number of ether oxygens (including phenoxy) is 7. The first kappa shape index (κ1) is 45.2. The largest absolute Gasteiger partial charge is 0.444 e. The number of likely N-dealkylation sites (N-methyl/N-ethyl adjacent to an activating group) is 1. The number of aryl methyl sites for hydroxylation is 2. The van der Waals surface area contributed by atoms with Gasteiger partial charge in [0.05, 0.1) is 91.4 Å². The zero-order valence-electron chi connectivity index (χ0n) is 33.7. The van der Waals surface area contributed by atoms with Gasteiger partial charge in [0.15, 0.2) is 5.82 Å². The number of thiophene rings is 1. The lowest BCUT2D eigenvalue weighted by molar-refractivity contribution is -0.121. The van der Waals surface area contributed by atoms with E-state index in [1.54, 1.807) is 18.4 Å².